The molecule has 1 saturated carbocycles. The molecule has 0 radical (unpaired) electrons. The van der Waals surface area contributed by atoms with Gasteiger partial charge in [0.25, 0.3) is 0 Å². The largest absolute Gasteiger partial charge is 0.497 e. The first-order valence-corrected chi connectivity index (χ1v) is 6.86. The van der Waals surface area contributed by atoms with Crippen molar-refractivity contribution in [1.29, 1.82) is 0 Å². The zero-order valence-corrected chi connectivity index (χ0v) is 11.6. The average molecular weight is 248 g/mol. The zero-order valence-electron chi connectivity index (χ0n) is 11.6. The van der Waals surface area contributed by atoms with E-state index in [1.807, 2.05) is 24.3 Å². The minimum atomic E-state index is -0.355. The van der Waals surface area contributed by atoms with Crippen molar-refractivity contribution in [3.8, 4) is 5.75 Å². The van der Waals surface area contributed by atoms with Gasteiger partial charge in [-0.3, -0.25) is 0 Å². The molecule has 2 atom stereocenters. The van der Waals surface area contributed by atoms with Gasteiger partial charge in [0, 0.05) is 0 Å². The molecular formula is C16H24O2. The van der Waals surface area contributed by atoms with Crippen molar-refractivity contribution < 1.29 is 9.84 Å². The molecule has 0 bridgehead atoms. The van der Waals surface area contributed by atoms with E-state index in [1.54, 1.807) is 7.11 Å². The third kappa shape index (κ3) is 2.69. The van der Waals surface area contributed by atoms with E-state index in [9.17, 15) is 5.11 Å². The second kappa shape index (κ2) is 5.31. The Kier molecular flexibility index (Phi) is 3.96. The molecule has 18 heavy (non-hydrogen) atoms. The van der Waals surface area contributed by atoms with E-state index < -0.39 is 0 Å². The van der Waals surface area contributed by atoms with E-state index in [2.05, 4.69) is 13.8 Å². The Hall–Kier alpha value is -1.02. The van der Waals surface area contributed by atoms with Crippen LogP contribution in [0, 0.1) is 11.3 Å². The Morgan fingerprint density at radius 3 is 2.44 bits per heavy atom. The van der Waals surface area contributed by atoms with E-state index in [0.29, 0.717) is 5.92 Å². The highest BCUT2D eigenvalue weighted by Gasteiger charge is 2.37. The highest BCUT2D eigenvalue weighted by Crippen LogP contribution is 2.46. The van der Waals surface area contributed by atoms with Crippen LogP contribution in [0.25, 0.3) is 0 Å². The van der Waals surface area contributed by atoms with Crippen LogP contribution >= 0.6 is 0 Å². The Labute approximate surface area is 110 Å². The number of ether oxygens (including phenoxy) is 1. The predicted octanol–water partition coefficient (Wildman–Crippen LogP) is 3.95. The smallest absolute Gasteiger partial charge is 0.118 e. The lowest BCUT2D eigenvalue weighted by atomic mass is 9.65. The fourth-order valence-corrected chi connectivity index (χ4v) is 3.14. The molecular weight excluding hydrogens is 224 g/mol. The summed E-state index contributed by atoms with van der Waals surface area (Å²) < 4.78 is 5.15. The van der Waals surface area contributed by atoms with E-state index in [-0.39, 0.29) is 11.5 Å². The van der Waals surface area contributed by atoms with E-state index >= 15 is 0 Å². The molecule has 1 fully saturated rings. The molecule has 100 valence electrons. The minimum Gasteiger partial charge on any atom is -0.497 e. The molecule has 1 aromatic carbocycles. The lowest BCUT2D eigenvalue weighted by Gasteiger charge is -2.41. The lowest BCUT2D eigenvalue weighted by molar-refractivity contribution is 0.00384. The first kappa shape index (κ1) is 13.4. The lowest BCUT2D eigenvalue weighted by Crippen LogP contribution is -2.32. The molecule has 2 unspecified atom stereocenters. The van der Waals surface area contributed by atoms with Crippen LogP contribution < -0.4 is 4.74 Å². The van der Waals surface area contributed by atoms with E-state index in [0.717, 1.165) is 17.7 Å². The van der Waals surface area contributed by atoms with Gasteiger partial charge in [-0.2, -0.15) is 0 Å². The van der Waals surface area contributed by atoms with Gasteiger partial charge in [-0.25, -0.2) is 0 Å². The maximum Gasteiger partial charge on any atom is 0.118 e. The van der Waals surface area contributed by atoms with Gasteiger partial charge in [0.2, 0.25) is 0 Å². The number of rotatable bonds is 3. The highest BCUT2D eigenvalue weighted by atomic mass is 16.5. The molecule has 1 aliphatic carbocycles. The number of aliphatic hydroxyl groups excluding tert-OH is 1. The van der Waals surface area contributed by atoms with Gasteiger partial charge in [-0.05, 0) is 41.9 Å². The summed E-state index contributed by atoms with van der Waals surface area (Å²) in [7, 11) is 1.66. The van der Waals surface area contributed by atoms with Crippen LogP contribution in [-0.4, -0.2) is 12.2 Å². The molecule has 0 heterocycles. The van der Waals surface area contributed by atoms with Gasteiger partial charge >= 0.3 is 0 Å². The summed E-state index contributed by atoms with van der Waals surface area (Å²) in [5.41, 5.74) is 1.24. The van der Waals surface area contributed by atoms with Crippen LogP contribution in [0.4, 0.5) is 0 Å². The zero-order chi connectivity index (χ0) is 13.2. The topological polar surface area (TPSA) is 29.5 Å². The maximum absolute atomic E-state index is 10.6. The molecule has 1 aliphatic rings. The van der Waals surface area contributed by atoms with Crippen LogP contribution in [-0.2, 0) is 0 Å². The normalized spacial score (nSPS) is 24.6. The molecule has 1 aromatic rings. The van der Waals surface area contributed by atoms with Gasteiger partial charge in [0.1, 0.15) is 5.75 Å². The van der Waals surface area contributed by atoms with Crippen molar-refractivity contribution in [3.63, 3.8) is 0 Å². The predicted molar refractivity (Wildman–Crippen MR) is 73.7 cm³/mol. The average Bonchev–Trinajstić information content (AvgIpc) is 2.37. The van der Waals surface area contributed by atoms with Gasteiger partial charge in [-0.15, -0.1) is 0 Å². The first-order valence-electron chi connectivity index (χ1n) is 6.86. The van der Waals surface area contributed by atoms with Crippen molar-refractivity contribution in [3.05, 3.63) is 29.8 Å². The van der Waals surface area contributed by atoms with Crippen LogP contribution in [0.1, 0.15) is 51.2 Å². The summed E-state index contributed by atoms with van der Waals surface area (Å²) >= 11 is 0. The van der Waals surface area contributed by atoms with Gasteiger partial charge < -0.3 is 9.84 Å². The van der Waals surface area contributed by atoms with Crippen molar-refractivity contribution in [2.75, 3.05) is 7.11 Å². The third-order valence-electron chi connectivity index (χ3n) is 4.43. The fraction of sp³-hybridized carbons (Fsp3) is 0.625. The number of methoxy groups -OCH3 is 1. The third-order valence-corrected chi connectivity index (χ3v) is 4.43. The maximum atomic E-state index is 10.6. The van der Waals surface area contributed by atoms with Crippen molar-refractivity contribution in [2.45, 2.75) is 45.6 Å². The van der Waals surface area contributed by atoms with Crippen LogP contribution in [0.5, 0.6) is 5.75 Å². The molecule has 2 nitrogen and oxygen atoms in total. The minimum absolute atomic E-state index is 0.234. The SMILES string of the molecule is COc1ccc(C(O)C2CCCCC2(C)C)cc1. The second-order valence-corrected chi connectivity index (χ2v) is 6.06. The van der Waals surface area contributed by atoms with Crippen molar-refractivity contribution in [1.82, 2.24) is 0 Å². The highest BCUT2D eigenvalue weighted by molar-refractivity contribution is 5.29. The van der Waals surface area contributed by atoms with Gasteiger partial charge in [-0.1, -0.05) is 38.8 Å². The Balaban J connectivity index is 2.16. The quantitative estimate of drug-likeness (QED) is 0.877. The van der Waals surface area contributed by atoms with Gasteiger partial charge in [0.05, 0.1) is 13.2 Å². The first-order chi connectivity index (χ1) is 8.54. The molecule has 0 spiro atoms. The molecule has 0 amide bonds. The standard InChI is InChI=1S/C16H24O2/c1-16(2)11-5-4-6-14(16)15(17)12-7-9-13(18-3)10-8-12/h7-10,14-15,17H,4-6,11H2,1-3H3. The van der Waals surface area contributed by atoms with Crippen molar-refractivity contribution in [2.24, 2.45) is 11.3 Å². The molecule has 0 aliphatic heterocycles. The van der Waals surface area contributed by atoms with Crippen LogP contribution in [0.15, 0.2) is 24.3 Å². The molecule has 2 heteroatoms. The number of aliphatic hydroxyl groups is 1. The van der Waals surface area contributed by atoms with Gasteiger partial charge in [0.15, 0.2) is 0 Å². The summed E-state index contributed by atoms with van der Waals surface area (Å²) in [5, 5.41) is 10.6. The monoisotopic (exact) mass is 248 g/mol. The number of hydrogen-bond acceptors (Lipinski definition) is 2. The summed E-state index contributed by atoms with van der Waals surface area (Å²) in [5.74, 6) is 1.20. The Bertz CT molecular complexity index is 381. The summed E-state index contributed by atoms with van der Waals surface area (Å²) in [6.07, 6.45) is 4.51. The van der Waals surface area contributed by atoms with Crippen LogP contribution in [0.2, 0.25) is 0 Å². The molecule has 1 N–H and O–H groups in total. The molecule has 2 rings (SSSR count). The second-order valence-electron chi connectivity index (χ2n) is 6.06. The number of hydrogen-bond donors (Lipinski definition) is 1. The molecule has 0 aromatic heterocycles. The van der Waals surface area contributed by atoms with Crippen LogP contribution in [0.3, 0.4) is 0 Å². The van der Waals surface area contributed by atoms with Crippen molar-refractivity contribution >= 4 is 0 Å². The Morgan fingerprint density at radius 2 is 1.89 bits per heavy atom. The fourth-order valence-electron chi connectivity index (χ4n) is 3.14. The van der Waals surface area contributed by atoms with E-state index in [4.69, 9.17) is 4.74 Å². The summed E-state index contributed by atoms with van der Waals surface area (Å²) in [6.45, 7) is 4.56. The summed E-state index contributed by atoms with van der Waals surface area (Å²) in [4.78, 5) is 0. The number of benzene rings is 1. The molecule has 0 saturated heterocycles. The Morgan fingerprint density at radius 1 is 1.22 bits per heavy atom. The van der Waals surface area contributed by atoms with E-state index in [1.165, 1.54) is 19.3 Å². The summed E-state index contributed by atoms with van der Waals surface area (Å²) in [6, 6.07) is 7.81.